The smallest absolute Gasteiger partial charge is 0.270 e. The number of piperidine rings is 1. The number of carbonyl (C=O) groups excluding carboxylic acids is 2. The Bertz CT molecular complexity index is 1380. The lowest BCUT2D eigenvalue weighted by Gasteiger charge is -2.35. The second-order valence-corrected chi connectivity index (χ2v) is 9.92. The summed E-state index contributed by atoms with van der Waals surface area (Å²) in [5.41, 5.74) is 0.437. The van der Waals surface area contributed by atoms with Gasteiger partial charge in [0, 0.05) is 36.7 Å². The molecule has 2 atom stereocenters. The Morgan fingerprint density at radius 2 is 2.11 bits per heavy atom. The molecule has 0 radical (unpaired) electrons. The van der Waals surface area contributed by atoms with E-state index in [1.165, 1.54) is 24.9 Å². The second-order valence-electron chi connectivity index (χ2n) is 8.91. The van der Waals surface area contributed by atoms with Crippen LogP contribution in [0, 0.1) is 11.6 Å². The average molecular weight is 568 g/mol. The summed E-state index contributed by atoms with van der Waals surface area (Å²) in [6.07, 6.45) is 0.226. The molecule has 5 rings (SSSR count). The first kappa shape index (κ1) is 27.9. The van der Waals surface area contributed by atoms with Crippen LogP contribution in [0.4, 0.5) is 19.0 Å². The predicted octanol–water partition coefficient (Wildman–Crippen LogP) is 3.77. The number of nitrogens with one attached hydrogen (secondary N) is 2. The van der Waals surface area contributed by atoms with E-state index in [0.717, 1.165) is 11.1 Å². The van der Waals surface area contributed by atoms with Gasteiger partial charge in [-0.1, -0.05) is 0 Å². The largest absolute Gasteiger partial charge is 0.497 e. The summed E-state index contributed by atoms with van der Waals surface area (Å²) in [6, 6.07) is 5.29. The summed E-state index contributed by atoms with van der Waals surface area (Å²) in [5, 5.41) is 5.66. The minimum Gasteiger partial charge on any atom is -0.497 e. The Kier molecular flexibility index (Phi) is 8.64. The van der Waals surface area contributed by atoms with Crippen LogP contribution in [0.2, 0.25) is 0 Å². The molecule has 2 N–H and O–H groups in total. The SMILES string of the molecule is COc1cc(F)c2ncc(F)c(CCN3CC[C@@H](NC(=O)c4ccc5c(n4)NC(=O)CS5)[C@@H](F)C3)c2c1.Cl. The Labute approximate surface area is 227 Å². The quantitative estimate of drug-likeness (QED) is 0.468. The fourth-order valence-electron chi connectivity index (χ4n) is 4.57. The standard InChI is InChI=1S/C25H24F3N5O3S.ClH/c1-36-13-8-15-14(17(27)10-29-23(15)16(26)9-13)4-6-33-7-5-19(18(28)11-33)31-25(35)20-2-3-21-24(30-20)32-22(34)12-37-21;/h2-3,8-10,18-19H,4-7,11-12H2,1H3,(H,31,35)(H,30,32,34);1H/t18-,19+;/m0./s1. The lowest BCUT2D eigenvalue weighted by molar-refractivity contribution is -0.113. The highest BCUT2D eigenvalue weighted by molar-refractivity contribution is 8.00. The number of alkyl halides is 1. The minimum atomic E-state index is -1.35. The molecule has 38 heavy (non-hydrogen) atoms. The Hall–Kier alpha value is -3.09. The Balaban J connectivity index is 0.00000336. The molecular weight excluding hydrogens is 543 g/mol. The van der Waals surface area contributed by atoms with E-state index >= 15 is 4.39 Å². The molecule has 0 saturated carbocycles. The van der Waals surface area contributed by atoms with Gasteiger partial charge in [-0.25, -0.2) is 18.2 Å². The van der Waals surface area contributed by atoms with Gasteiger partial charge in [-0.05, 0) is 31.0 Å². The van der Waals surface area contributed by atoms with Crippen molar-refractivity contribution in [1.29, 1.82) is 0 Å². The molecule has 0 unspecified atom stereocenters. The lowest BCUT2D eigenvalue weighted by atomic mass is 10.0. The van der Waals surface area contributed by atoms with Crippen LogP contribution in [0.3, 0.4) is 0 Å². The Morgan fingerprint density at radius 1 is 1.29 bits per heavy atom. The number of fused-ring (bicyclic) bond motifs is 2. The van der Waals surface area contributed by atoms with Gasteiger partial charge in [0.15, 0.2) is 5.82 Å². The van der Waals surface area contributed by atoms with Crippen LogP contribution in [0.15, 0.2) is 35.4 Å². The number of halogens is 4. The van der Waals surface area contributed by atoms with Crippen LogP contribution >= 0.6 is 24.2 Å². The molecule has 3 aromatic rings. The van der Waals surface area contributed by atoms with Crippen LogP contribution in [0.5, 0.6) is 5.75 Å². The number of rotatable bonds is 6. The molecule has 13 heteroatoms. The molecule has 1 fully saturated rings. The first-order valence-corrected chi connectivity index (χ1v) is 12.7. The first-order chi connectivity index (χ1) is 17.8. The highest BCUT2D eigenvalue weighted by atomic mass is 35.5. The van der Waals surface area contributed by atoms with Crippen molar-refractivity contribution in [3.63, 3.8) is 0 Å². The van der Waals surface area contributed by atoms with Crippen LogP contribution in [-0.4, -0.2) is 71.4 Å². The van der Waals surface area contributed by atoms with Crippen LogP contribution in [0.25, 0.3) is 10.9 Å². The van der Waals surface area contributed by atoms with Gasteiger partial charge in [-0.15, -0.1) is 24.2 Å². The van der Waals surface area contributed by atoms with E-state index in [9.17, 15) is 18.4 Å². The summed E-state index contributed by atoms with van der Waals surface area (Å²) in [7, 11) is 1.40. The molecule has 1 saturated heterocycles. The van der Waals surface area contributed by atoms with Crippen molar-refractivity contribution in [3.8, 4) is 5.75 Å². The molecule has 2 aliphatic rings. The van der Waals surface area contributed by atoms with E-state index in [-0.39, 0.29) is 59.6 Å². The number of hydrogen-bond acceptors (Lipinski definition) is 7. The fourth-order valence-corrected chi connectivity index (χ4v) is 5.33. The first-order valence-electron chi connectivity index (χ1n) is 11.7. The zero-order valence-corrected chi connectivity index (χ0v) is 21.9. The van der Waals surface area contributed by atoms with E-state index in [4.69, 9.17) is 4.74 Å². The van der Waals surface area contributed by atoms with Crippen molar-refractivity contribution in [2.24, 2.45) is 0 Å². The highest BCUT2D eigenvalue weighted by Crippen LogP contribution is 2.30. The third kappa shape index (κ3) is 5.82. The summed E-state index contributed by atoms with van der Waals surface area (Å²) in [4.78, 5) is 35.0. The van der Waals surface area contributed by atoms with Gasteiger partial charge >= 0.3 is 0 Å². The average Bonchev–Trinajstić information content (AvgIpc) is 2.88. The van der Waals surface area contributed by atoms with Gasteiger partial charge in [0.25, 0.3) is 5.91 Å². The van der Waals surface area contributed by atoms with E-state index in [1.54, 1.807) is 18.2 Å². The van der Waals surface area contributed by atoms with Crippen molar-refractivity contribution >= 4 is 52.7 Å². The van der Waals surface area contributed by atoms with E-state index in [0.29, 0.717) is 30.7 Å². The molecule has 2 aromatic heterocycles. The molecule has 4 heterocycles. The number of ether oxygens (including phenoxy) is 1. The number of nitrogens with zero attached hydrogens (tertiary/aromatic N) is 3. The predicted molar refractivity (Wildman–Crippen MR) is 140 cm³/mol. The number of hydrogen-bond donors (Lipinski definition) is 2. The second kappa shape index (κ2) is 11.7. The van der Waals surface area contributed by atoms with Gasteiger partial charge in [-0.3, -0.25) is 19.5 Å². The molecule has 0 spiro atoms. The number of pyridine rings is 2. The minimum absolute atomic E-state index is 0. The third-order valence-corrected chi connectivity index (χ3v) is 7.57. The van der Waals surface area contributed by atoms with E-state index in [2.05, 4.69) is 20.6 Å². The fraction of sp³-hybridized carbons (Fsp3) is 0.360. The summed E-state index contributed by atoms with van der Waals surface area (Å²) >= 11 is 1.34. The Morgan fingerprint density at radius 3 is 2.87 bits per heavy atom. The molecule has 8 nitrogen and oxygen atoms in total. The number of amides is 2. The topological polar surface area (TPSA) is 96.4 Å². The number of likely N-dealkylation sites (tertiary alicyclic amines) is 1. The van der Waals surface area contributed by atoms with Crippen LogP contribution < -0.4 is 15.4 Å². The van der Waals surface area contributed by atoms with Gasteiger partial charge < -0.3 is 15.4 Å². The normalized spacial score (nSPS) is 19.3. The molecule has 202 valence electrons. The maximum absolute atomic E-state index is 15.0. The number of benzene rings is 1. The van der Waals surface area contributed by atoms with E-state index in [1.807, 2.05) is 4.90 Å². The summed E-state index contributed by atoms with van der Waals surface area (Å²) < 4.78 is 49.1. The van der Waals surface area contributed by atoms with Crippen molar-refractivity contribution in [3.05, 3.63) is 53.4 Å². The molecule has 0 aliphatic carbocycles. The van der Waals surface area contributed by atoms with Gasteiger partial charge in [0.05, 0.1) is 30.0 Å². The van der Waals surface area contributed by atoms with Gasteiger partial charge in [0.2, 0.25) is 5.91 Å². The third-order valence-electron chi connectivity index (χ3n) is 6.52. The molecule has 2 amide bonds. The van der Waals surface area contributed by atoms with E-state index < -0.39 is 29.8 Å². The van der Waals surface area contributed by atoms with Gasteiger partial charge in [0.1, 0.15) is 34.8 Å². The zero-order valence-electron chi connectivity index (χ0n) is 20.3. The molecule has 2 aliphatic heterocycles. The number of methoxy groups -OCH3 is 1. The number of aromatic nitrogens is 2. The van der Waals surface area contributed by atoms with Crippen molar-refractivity contribution < 1.29 is 27.5 Å². The molecule has 1 aromatic carbocycles. The highest BCUT2D eigenvalue weighted by Gasteiger charge is 2.31. The lowest BCUT2D eigenvalue weighted by Crippen LogP contribution is -2.52. The summed E-state index contributed by atoms with van der Waals surface area (Å²) in [5.74, 6) is -1.01. The molecule has 0 bridgehead atoms. The monoisotopic (exact) mass is 567 g/mol. The number of thioether (sulfide) groups is 1. The number of carbonyl (C=O) groups is 2. The zero-order chi connectivity index (χ0) is 26.1. The maximum Gasteiger partial charge on any atom is 0.270 e. The number of anilines is 1. The van der Waals surface area contributed by atoms with Crippen LogP contribution in [0.1, 0.15) is 22.5 Å². The van der Waals surface area contributed by atoms with Crippen LogP contribution in [-0.2, 0) is 11.2 Å². The van der Waals surface area contributed by atoms with Crippen molar-refractivity contribution in [2.75, 3.05) is 37.8 Å². The van der Waals surface area contributed by atoms with Gasteiger partial charge in [-0.2, -0.15) is 0 Å². The summed E-state index contributed by atoms with van der Waals surface area (Å²) in [6.45, 7) is 0.884. The van der Waals surface area contributed by atoms with Crippen molar-refractivity contribution in [2.45, 2.75) is 30.0 Å². The van der Waals surface area contributed by atoms with Crippen molar-refractivity contribution in [1.82, 2.24) is 20.2 Å². The molecular formula is C25H25ClF3N5O3S. The maximum atomic E-state index is 15.0.